The molecular weight excluding hydrogens is 352 g/mol. The number of nitrogens with zero attached hydrogens (tertiary/aromatic N) is 2. The molecular formula is C22H24N4O2. The Bertz CT molecular complexity index is 991. The predicted molar refractivity (Wildman–Crippen MR) is 108 cm³/mol. The fourth-order valence-electron chi connectivity index (χ4n) is 3.84. The van der Waals surface area contributed by atoms with E-state index in [-0.39, 0.29) is 17.7 Å². The summed E-state index contributed by atoms with van der Waals surface area (Å²) in [5, 5.41) is 2.99. The van der Waals surface area contributed by atoms with Gasteiger partial charge in [-0.25, -0.2) is 4.98 Å². The number of imidazole rings is 1. The highest BCUT2D eigenvalue weighted by molar-refractivity contribution is 6.01. The van der Waals surface area contributed by atoms with Crippen molar-refractivity contribution in [3.05, 3.63) is 65.5 Å². The van der Waals surface area contributed by atoms with E-state index < -0.39 is 6.04 Å². The molecule has 0 saturated carbocycles. The van der Waals surface area contributed by atoms with Crippen molar-refractivity contribution >= 4 is 22.8 Å². The summed E-state index contributed by atoms with van der Waals surface area (Å²) < 4.78 is 0. The maximum atomic E-state index is 12.9. The number of hydrogen-bond donors (Lipinski definition) is 2. The standard InChI is InChI=1S/C22H24N4O2/c1-14(2)20(26-13-15-7-3-4-8-16(15)22(26)28)21(27)23-12-11-19-24-17-9-5-6-10-18(17)25-19/h3-10,14,20H,11-13H2,1-2H3,(H,23,27)(H,24,25)/t20-/m1/s1. The molecule has 2 amide bonds. The van der Waals surface area contributed by atoms with E-state index in [4.69, 9.17) is 0 Å². The average molecular weight is 376 g/mol. The van der Waals surface area contributed by atoms with Crippen LogP contribution in [0.4, 0.5) is 0 Å². The molecule has 6 heteroatoms. The Labute approximate surface area is 164 Å². The molecule has 0 spiro atoms. The van der Waals surface area contributed by atoms with Crippen LogP contribution in [0.5, 0.6) is 0 Å². The number of hydrogen-bond acceptors (Lipinski definition) is 3. The number of benzene rings is 2. The lowest BCUT2D eigenvalue weighted by molar-refractivity contribution is -0.127. The van der Waals surface area contributed by atoms with E-state index in [1.807, 2.05) is 62.4 Å². The van der Waals surface area contributed by atoms with Crippen molar-refractivity contribution in [1.82, 2.24) is 20.2 Å². The maximum Gasteiger partial charge on any atom is 0.255 e. The predicted octanol–water partition coefficient (Wildman–Crippen LogP) is 2.90. The monoisotopic (exact) mass is 376 g/mol. The Kier molecular flexibility index (Phi) is 4.86. The second-order valence-electron chi connectivity index (χ2n) is 7.52. The number of aromatic nitrogens is 2. The minimum absolute atomic E-state index is 0.0180. The summed E-state index contributed by atoms with van der Waals surface area (Å²) >= 11 is 0. The van der Waals surface area contributed by atoms with Crippen molar-refractivity contribution < 1.29 is 9.59 Å². The van der Waals surface area contributed by atoms with Crippen LogP contribution in [0.3, 0.4) is 0 Å². The number of rotatable bonds is 6. The smallest absolute Gasteiger partial charge is 0.255 e. The van der Waals surface area contributed by atoms with Crippen molar-refractivity contribution in [2.45, 2.75) is 32.9 Å². The quantitative estimate of drug-likeness (QED) is 0.694. The lowest BCUT2D eigenvalue weighted by atomic mass is 10.0. The first-order chi connectivity index (χ1) is 13.5. The largest absolute Gasteiger partial charge is 0.354 e. The van der Waals surface area contributed by atoms with Crippen molar-refractivity contribution in [3.8, 4) is 0 Å². The molecule has 1 aliphatic rings. The third-order valence-electron chi connectivity index (χ3n) is 5.18. The van der Waals surface area contributed by atoms with Gasteiger partial charge in [0.2, 0.25) is 5.91 Å². The summed E-state index contributed by atoms with van der Waals surface area (Å²) in [6.07, 6.45) is 0.611. The fraction of sp³-hybridized carbons (Fsp3) is 0.318. The van der Waals surface area contributed by atoms with Gasteiger partial charge in [0, 0.05) is 25.1 Å². The molecule has 2 heterocycles. The van der Waals surface area contributed by atoms with Gasteiger partial charge in [-0.15, -0.1) is 0 Å². The van der Waals surface area contributed by atoms with Gasteiger partial charge >= 0.3 is 0 Å². The van der Waals surface area contributed by atoms with Gasteiger partial charge in [-0.05, 0) is 29.7 Å². The normalized spacial score (nSPS) is 14.5. The van der Waals surface area contributed by atoms with E-state index in [2.05, 4.69) is 15.3 Å². The van der Waals surface area contributed by atoms with E-state index in [0.29, 0.717) is 25.1 Å². The Hall–Kier alpha value is -3.15. The summed E-state index contributed by atoms with van der Waals surface area (Å²) in [7, 11) is 0. The zero-order valence-electron chi connectivity index (χ0n) is 16.1. The fourth-order valence-corrected chi connectivity index (χ4v) is 3.84. The summed E-state index contributed by atoms with van der Waals surface area (Å²) in [6.45, 7) is 4.89. The lowest BCUT2D eigenvalue weighted by Gasteiger charge is -2.29. The molecule has 2 aromatic carbocycles. The van der Waals surface area contributed by atoms with Crippen LogP contribution in [0.15, 0.2) is 48.5 Å². The molecule has 1 atom stereocenters. The van der Waals surface area contributed by atoms with E-state index in [9.17, 15) is 9.59 Å². The number of para-hydroxylation sites is 2. The molecule has 6 nitrogen and oxygen atoms in total. The van der Waals surface area contributed by atoms with Gasteiger partial charge in [0.25, 0.3) is 5.91 Å². The van der Waals surface area contributed by atoms with Crippen LogP contribution in [0.1, 0.15) is 35.6 Å². The highest BCUT2D eigenvalue weighted by Crippen LogP contribution is 2.27. The summed E-state index contributed by atoms with van der Waals surface area (Å²) in [5.41, 5.74) is 3.59. The van der Waals surface area contributed by atoms with Gasteiger partial charge in [-0.3, -0.25) is 9.59 Å². The van der Waals surface area contributed by atoms with Gasteiger partial charge in [-0.2, -0.15) is 0 Å². The van der Waals surface area contributed by atoms with Crippen LogP contribution in [0.25, 0.3) is 11.0 Å². The number of carbonyl (C=O) groups excluding carboxylic acids is 2. The van der Waals surface area contributed by atoms with Crippen LogP contribution >= 0.6 is 0 Å². The zero-order chi connectivity index (χ0) is 19.7. The molecule has 1 aromatic heterocycles. The maximum absolute atomic E-state index is 12.9. The molecule has 0 bridgehead atoms. The molecule has 4 rings (SSSR count). The first-order valence-electron chi connectivity index (χ1n) is 9.65. The van der Waals surface area contributed by atoms with Gasteiger partial charge in [0.1, 0.15) is 11.9 Å². The molecule has 28 heavy (non-hydrogen) atoms. The topological polar surface area (TPSA) is 78.1 Å². The molecule has 2 N–H and O–H groups in total. The van der Waals surface area contributed by atoms with Crippen molar-refractivity contribution in [3.63, 3.8) is 0 Å². The van der Waals surface area contributed by atoms with Crippen molar-refractivity contribution in [2.24, 2.45) is 5.92 Å². The number of aromatic amines is 1. The van der Waals surface area contributed by atoms with Gasteiger partial charge in [0.05, 0.1) is 11.0 Å². The molecule has 1 aliphatic heterocycles. The number of carbonyl (C=O) groups is 2. The van der Waals surface area contributed by atoms with E-state index >= 15 is 0 Å². The van der Waals surface area contributed by atoms with E-state index in [0.717, 1.165) is 22.4 Å². The number of H-pyrrole nitrogens is 1. The van der Waals surface area contributed by atoms with Crippen molar-refractivity contribution in [1.29, 1.82) is 0 Å². The van der Waals surface area contributed by atoms with Gasteiger partial charge in [0.15, 0.2) is 0 Å². The Morgan fingerprint density at radius 2 is 1.93 bits per heavy atom. The van der Waals surface area contributed by atoms with Crippen LogP contribution in [0, 0.1) is 5.92 Å². The van der Waals surface area contributed by atoms with Crippen LogP contribution in [-0.2, 0) is 17.8 Å². The molecule has 3 aromatic rings. The van der Waals surface area contributed by atoms with Crippen molar-refractivity contribution in [2.75, 3.05) is 6.54 Å². The second-order valence-corrected chi connectivity index (χ2v) is 7.52. The number of nitrogens with one attached hydrogen (secondary N) is 2. The molecule has 0 unspecified atom stereocenters. The first-order valence-corrected chi connectivity index (χ1v) is 9.65. The Morgan fingerprint density at radius 1 is 1.18 bits per heavy atom. The minimum Gasteiger partial charge on any atom is -0.354 e. The summed E-state index contributed by atoms with van der Waals surface area (Å²) in [6, 6.07) is 14.9. The second kappa shape index (κ2) is 7.46. The summed E-state index contributed by atoms with van der Waals surface area (Å²) in [4.78, 5) is 35.2. The molecule has 0 saturated heterocycles. The third kappa shape index (κ3) is 3.38. The molecule has 0 radical (unpaired) electrons. The highest BCUT2D eigenvalue weighted by atomic mass is 16.2. The van der Waals surface area contributed by atoms with Crippen LogP contribution < -0.4 is 5.32 Å². The van der Waals surface area contributed by atoms with Crippen LogP contribution in [0.2, 0.25) is 0 Å². The SMILES string of the molecule is CC(C)[C@H](C(=O)NCCc1nc2ccccc2[nH]1)N1Cc2ccccc2C1=O. The Balaban J connectivity index is 1.41. The van der Waals surface area contributed by atoms with Gasteiger partial charge < -0.3 is 15.2 Å². The van der Waals surface area contributed by atoms with Gasteiger partial charge in [-0.1, -0.05) is 44.2 Å². The average Bonchev–Trinajstić information content (AvgIpc) is 3.23. The van der Waals surface area contributed by atoms with E-state index in [1.54, 1.807) is 4.90 Å². The minimum atomic E-state index is -0.490. The summed E-state index contributed by atoms with van der Waals surface area (Å²) in [5.74, 6) is 0.672. The highest BCUT2D eigenvalue weighted by Gasteiger charge is 2.37. The van der Waals surface area contributed by atoms with Crippen LogP contribution in [-0.4, -0.2) is 39.3 Å². The first kappa shape index (κ1) is 18.2. The molecule has 144 valence electrons. The number of amides is 2. The number of fused-ring (bicyclic) bond motifs is 2. The Morgan fingerprint density at radius 3 is 2.68 bits per heavy atom. The lowest BCUT2D eigenvalue weighted by Crippen LogP contribution is -2.50. The molecule has 0 fully saturated rings. The third-order valence-corrected chi connectivity index (χ3v) is 5.18. The molecule has 0 aliphatic carbocycles. The zero-order valence-corrected chi connectivity index (χ0v) is 16.1. The van der Waals surface area contributed by atoms with E-state index in [1.165, 1.54) is 0 Å².